The van der Waals surface area contributed by atoms with Crippen molar-refractivity contribution in [2.45, 2.75) is 13.5 Å². The second-order valence-electron chi connectivity index (χ2n) is 2.68. The highest BCUT2D eigenvalue weighted by molar-refractivity contribution is 7.12. The first-order valence-electron chi connectivity index (χ1n) is 4.21. The van der Waals surface area contributed by atoms with Crippen molar-refractivity contribution in [3.05, 3.63) is 30.3 Å². The van der Waals surface area contributed by atoms with E-state index < -0.39 is 7.87 Å². The molecule has 1 aromatic carbocycles. The Kier molecular flexibility index (Phi) is 3.78. The third-order valence-corrected chi connectivity index (χ3v) is 3.41. The second-order valence-corrected chi connectivity index (χ2v) is 6.91. The average Bonchev–Trinajstić information content (AvgIpc) is 2.04. The summed E-state index contributed by atoms with van der Waals surface area (Å²) in [4.78, 5) is 0. The highest BCUT2D eigenvalue weighted by atomic mass is 35.6. The molecule has 0 bridgehead atoms. The zero-order valence-corrected chi connectivity index (χ0v) is 9.54. The molecule has 0 aliphatic carbocycles. The number of hydrogen-bond acceptors (Lipinski definition) is 2. The van der Waals surface area contributed by atoms with E-state index in [1.807, 2.05) is 43.8 Å². The molecule has 0 fully saturated rings. The zero-order chi connectivity index (χ0) is 9.73. The summed E-state index contributed by atoms with van der Waals surface area (Å²) in [6.45, 7) is 4.30. The Labute approximate surface area is 84.4 Å². The molecule has 0 aliphatic heterocycles. The van der Waals surface area contributed by atoms with Crippen LogP contribution < -0.4 is 4.43 Å². The van der Waals surface area contributed by atoms with E-state index in [-0.39, 0.29) is 0 Å². The van der Waals surface area contributed by atoms with Crippen LogP contribution in [0.3, 0.4) is 0 Å². The summed E-state index contributed by atoms with van der Waals surface area (Å²) >= 11 is 6.07. The van der Waals surface area contributed by atoms with Crippen LogP contribution in [0.5, 0.6) is 5.75 Å². The molecular formula is C9H13ClO2Si. The van der Waals surface area contributed by atoms with Crippen molar-refractivity contribution in [1.82, 2.24) is 0 Å². The van der Waals surface area contributed by atoms with Gasteiger partial charge in [0.1, 0.15) is 5.75 Å². The molecule has 0 spiro atoms. The monoisotopic (exact) mass is 216 g/mol. The summed E-state index contributed by atoms with van der Waals surface area (Å²) in [6.07, 6.45) is 0. The summed E-state index contributed by atoms with van der Waals surface area (Å²) < 4.78 is 10.8. The molecular weight excluding hydrogens is 204 g/mol. The van der Waals surface area contributed by atoms with Crippen molar-refractivity contribution in [1.29, 1.82) is 0 Å². The van der Waals surface area contributed by atoms with E-state index in [1.54, 1.807) is 0 Å². The van der Waals surface area contributed by atoms with Gasteiger partial charge in [0.2, 0.25) is 0 Å². The van der Waals surface area contributed by atoms with Gasteiger partial charge in [-0.3, -0.25) is 0 Å². The standard InChI is InChI=1S/C9H13ClO2Si/c1-3-11-13(2,10)12-9-7-5-4-6-8-9/h4-8H,3H2,1-2H3. The molecule has 0 aliphatic rings. The van der Waals surface area contributed by atoms with Crippen LogP contribution in [-0.4, -0.2) is 14.5 Å². The Bertz CT molecular complexity index is 251. The van der Waals surface area contributed by atoms with Crippen LogP contribution in [0.2, 0.25) is 6.55 Å². The van der Waals surface area contributed by atoms with E-state index in [2.05, 4.69) is 0 Å². The predicted molar refractivity (Wildman–Crippen MR) is 56.2 cm³/mol. The molecule has 0 heterocycles. The minimum absolute atomic E-state index is 0.582. The van der Waals surface area contributed by atoms with E-state index in [9.17, 15) is 0 Å². The lowest BCUT2D eigenvalue weighted by Crippen LogP contribution is -2.35. The van der Waals surface area contributed by atoms with Crippen molar-refractivity contribution in [2.75, 3.05) is 6.61 Å². The van der Waals surface area contributed by atoms with Crippen LogP contribution in [0.15, 0.2) is 30.3 Å². The molecule has 1 unspecified atom stereocenters. The maximum absolute atomic E-state index is 6.07. The summed E-state index contributed by atoms with van der Waals surface area (Å²) in [5.74, 6) is 0.764. The van der Waals surface area contributed by atoms with Gasteiger partial charge in [-0.2, -0.15) is 0 Å². The fourth-order valence-electron chi connectivity index (χ4n) is 0.986. The first-order chi connectivity index (χ1) is 6.14. The molecule has 0 aromatic heterocycles. The molecule has 0 saturated carbocycles. The summed E-state index contributed by atoms with van der Waals surface area (Å²) in [6, 6.07) is 9.48. The number of para-hydroxylation sites is 1. The number of rotatable bonds is 4. The molecule has 2 nitrogen and oxygen atoms in total. The lowest BCUT2D eigenvalue weighted by Gasteiger charge is -2.19. The molecule has 4 heteroatoms. The Morgan fingerprint density at radius 2 is 1.92 bits per heavy atom. The Hall–Kier alpha value is -0.513. The maximum Gasteiger partial charge on any atom is 0.502 e. The smallest absolute Gasteiger partial charge is 0.502 e. The van der Waals surface area contributed by atoms with Crippen molar-refractivity contribution >= 4 is 18.9 Å². The molecule has 0 amide bonds. The van der Waals surface area contributed by atoms with Gasteiger partial charge < -0.3 is 8.85 Å². The molecule has 13 heavy (non-hydrogen) atoms. The lowest BCUT2D eigenvalue weighted by atomic mass is 10.3. The molecule has 0 radical (unpaired) electrons. The molecule has 72 valence electrons. The minimum atomic E-state index is -2.47. The fraction of sp³-hybridized carbons (Fsp3) is 0.333. The molecule has 1 rings (SSSR count). The topological polar surface area (TPSA) is 18.5 Å². The Balaban J connectivity index is 2.58. The first-order valence-corrected chi connectivity index (χ1v) is 7.54. The Morgan fingerprint density at radius 3 is 2.46 bits per heavy atom. The lowest BCUT2D eigenvalue weighted by molar-refractivity contribution is 0.277. The molecule has 1 atom stereocenters. The third kappa shape index (κ3) is 3.80. The maximum atomic E-state index is 6.07. The molecule has 0 N–H and O–H groups in total. The van der Waals surface area contributed by atoms with Crippen LogP contribution in [0.4, 0.5) is 0 Å². The van der Waals surface area contributed by atoms with Gasteiger partial charge in [-0.15, -0.1) is 0 Å². The largest absolute Gasteiger partial charge is 0.510 e. The van der Waals surface area contributed by atoms with Crippen molar-refractivity contribution < 1.29 is 8.85 Å². The second kappa shape index (κ2) is 4.65. The van der Waals surface area contributed by atoms with E-state index in [0.29, 0.717) is 6.61 Å². The van der Waals surface area contributed by atoms with Crippen LogP contribution in [0.1, 0.15) is 6.92 Å². The SMILES string of the molecule is CCO[Si](C)(Cl)Oc1ccccc1. The van der Waals surface area contributed by atoms with Gasteiger partial charge in [0.25, 0.3) is 0 Å². The van der Waals surface area contributed by atoms with Gasteiger partial charge in [-0.1, -0.05) is 29.3 Å². The third-order valence-electron chi connectivity index (χ3n) is 1.45. The number of hydrogen-bond donors (Lipinski definition) is 0. The average molecular weight is 217 g/mol. The number of benzene rings is 1. The van der Waals surface area contributed by atoms with Gasteiger partial charge >= 0.3 is 7.87 Å². The van der Waals surface area contributed by atoms with Crippen LogP contribution in [0.25, 0.3) is 0 Å². The normalized spacial score (nSPS) is 15.0. The van der Waals surface area contributed by atoms with Crippen LogP contribution in [-0.2, 0) is 4.43 Å². The van der Waals surface area contributed by atoms with Crippen LogP contribution in [0, 0.1) is 0 Å². The van der Waals surface area contributed by atoms with Gasteiger partial charge in [0.05, 0.1) is 0 Å². The predicted octanol–water partition coefficient (Wildman–Crippen LogP) is 2.91. The fourth-order valence-corrected chi connectivity index (χ4v) is 2.71. The Morgan fingerprint density at radius 1 is 1.31 bits per heavy atom. The summed E-state index contributed by atoms with van der Waals surface area (Å²) in [5, 5.41) is 0. The quantitative estimate of drug-likeness (QED) is 0.569. The van der Waals surface area contributed by atoms with Crippen LogP contribution >= 0.6 is 11.1 Å². The van der Waals surface area contributed by atoms with Gasteiger partial charge in [0.15, 0.2) is 0 Å². The van der Waals surface area contributed by atoms with Crippen molar-refractivity contribution in [3.63, 3.8) is 0 Å². The van der Waals surface area contributed by atoms with Crippen molar-refractivity contribution in [3.8, 4) is 5.75 Å². The van der Waals surface area contributed by atoms with E-state index in [4.69, 9.17) is 19.9 Å². The van der Waals surface area contributed by atoms with Crippen molar-refractivity contribution in [2.24, 2.45) is 0 Å². The first kappa shape index (κ1) is 10.6. The van der Waals surface area contributed by atoms with Gasteiger partial charge in [-0.05, 0) is 19.1 Å². The summed E-state index contributed by atoms with van der Waals surface area (Å²) in [7, 11) is -2.47. The van der Waals surface area contributed by atoms with E-state index in [1.165, 1.54) is 0 Å². The van der Waals surface area contributed by atoms with Gasteiger partial charge in [-0.25, -0.2) is 0 Å². The summed E-state index contributed by atoms with van der Waals surface area (Å²) in [5.41, 5.74) is 0. The molecule has 0 saturated heterocycles. The van der Waals surface area contributed by atoms with Gasteiger partial charge in [0, 0.05) is 13.2 Å². The number of halogens is 1. The van der Waals surface area contributed by atoms with E-state index >= 15 is 0 Å². The minimum Gasteiger partial charge on any atom is -0.510 e. The van der Waals surface area contributed by atoms with E-state index in [0.717, 1.165) is 5.75 Å². The zero-order valence-electron chi connectivity index (χ0n) is 7.79. The molecule has 1 aromatic rings. The highest BCUT2D eigenvalue weighted by Gasteiger charge is 2.30. The highest BCUT2D eigenvalue weighted by Crippen LogP contribution is 2.18.